The SMILES string of the molecule is CC1CCN(S(=O)(=O)c2ccc(C(=O)Nc3nc(-c4ccc5c(c4)CCC5)cs3)cc2)CC1. The third kappa shape index (κ3) is 4.60. The fourth-order valence-corrected chi connectivity index (χ4v) is 6.70. The average Bonchev–Trinajstić information content (AvgIpc) is 3.48. The lowest BCUT2D eigenvalue weighted by Crippen LogP contribution is -2.37. The van der Waals surface area contributed by atoms with E-state index in [0.717, 1.165) is 36.9 Å². The van der Waals surface area contributed by atoms with Crippen LogP contribution in [0.4, 0.5) is 5.13 Å². The lowest BCUT2D eigenvalue weighted by molar-refractivity contribution is 0.102. The molecule has 6 nitrogen and oxygen atoms in total. The summed E-state index contributed by atoms with van der Waals surface area (Å²) in [6.07, 6.45) is 5.21. The van der Waals surface area contributed by atoms with Gasteiger partial charge in [-0.25, -0.2) is 13.4 Å². The Bertz CT molecular complexity index is 1270. The molecule has 1 N–H and O–H groups in total. The maximum Gasteiger partial charge on any atom is 0.257 e. The number of rotatable bonds is 5. The Morgan fingerprint density at radius 2 is 1.79 bits per heavy atom. The van der Waals surface area contributed by atoms with Gasteiger partial charge >= 0.3 is 0 Å². The van der Waals surface area contributed by atoms with Crippen LogP contribution in [-0.4, -0.2) is 36.7 Å². The number of hydrogen-bond acceptors (Lipinski definition) is 5. The van der Waals surface area contributed by atoms with Gasteiger partial charge in [-0.15, -0.1) is 11.3 Å². The zero-order valence-electron chi connectivity index (χ0n) is 18.6. The van der Waals surface area contributed by atoms with E-state index in [4.69, 9.17) is 0 Å². The van der Waals surface area contributed by atoms with E-state index in [2.05, 4.69) is 35.4 Å². The molecule has 3 aromatic rings. The van der Waals surface area contributed by atoms with Crippen LogP contribution in [0.5, 0.6) is 0 Å². The van der Waals surface area contributed by atoms with E-state index >= 15 is 0 Å². The molecule has 1 fully saturated rings. The number of hydrogen-bond donors (Lipinski definition) is 1. The number of amides is 1. The fourth-order valence-electron chi connectivity index (χ4n) is 4.52. The van der Waals surface area contributed by atoms with Crippen LogP contribution >= 0.6 is 11.3 Å². The topological polar surface area (TPSA) is 79.4 Å². The fraction of sp³-hybridized carbons (Fsp3) is 0.360. The number of piperidine rings is 1. The second-order valence-corrected chi connectivity index (χ2v) is 11.7. The zero-order chi connectivity index (χ0) is 23.0. The zero-order valence-corrected chi connectivity index (χ0v) is 20.2. The van der Waals surface area contributed by atoms with Gasteiger partial charge in [0.25, 0.3) is 5.91 Å². The van der Waals surface area contributed by atoms with Gasteiger partial charge in [0.1, 0.15) is 0 Å². The monoisotopic (exact) mass is 481 g/mol. The molecule has 2 aliphatic rings. The number of nitrogens with zero attached hydrogens (tertiary/aromatic N) is 2. The molecule has 33 heavy (non-hydrogen) atoms. The van der Waals surface area contributed by atoms with E-state index in [0.29, 0.717) is 29.7 Å². The van der Waals surface area contributed by atoms with Crippen molar-refractivity contribution in [2.45, 2.75) is 43.9 Å². The Morgan fingerprint density at radius 3 is 2.55 bits per heavy atom. The number of carbonyl (C=O) groups excluding carboxylic acids is 1. The highest BCUT2D eigenvalue weighted by Gasteiger charge is 2.28. The quantitative estimate of drug-likeness (QED) is 0.558. The summed E-state index contributed by atoms with van der Waals surface area (Å²) in [5, 5.41) is 5.30. The molecule has 1 aromatic heterocycles. The second-order valence-electron chi connectivity index (χ2n) is 8.94. The van der Waals surface area contributed by atoms with Crippen molar-refractivity contribution in [1.29, 1.82) is 0 Å². The summed E-state index contributed by atoms with van der Waals surface area (Å²) >= 11 is 1.38. The lowest BCUT2D eigenvalue weighted by Gasteiger charge is -2.29. The predicted octanol–water partition coefficient (Wildman–Crippen LogP) is 4.97. The maximum atomic E-state index is 12.9. The van der Waals surface area contributed by atoms with E-state index in [1.54, 1.807) is 12.1 Å². The van der Waals surface area contributed by atoms with E-state index in [9.17, 15) is 13.2 Å². The summed E-state index contributed by atoms with van der Waals surface area (Å²) in [6.45, 7) is 3.24. The van der Waals surface area contributed by atoms with Gasteiger partial charge in [0.15, 0.2) is 5.13 Å². The highest BCUT2D eigenvalue weighted by atomic mass is 32.2. The number of aryl methyl sites for hydroxylation is 2. The van der Waals surface area contributed by atoms with Crippen LogP contribution < -0.4 is 5.32 Å². The van der Waals surface area contributed by atoms with Gasteiger partial charge in [0.2, 0.25) is 10.0 Å². The van der Waals surface area contributed by atoms with Crippen molar-refractivity contribution in [3.63, 3.8) is 0 Å². The van der Waals surface area contributed by atoms with Gasteiger partial charge in [-0.05, 0) is 79.5 Å². The molecular weight excluding hydrogens is 454 g/mol. The standard InChI is InChI=1S/C25H27N3O3S2/c1-17-11-13-28(14-12-17)33(30,31)22-9-7-19(8-10-22)24(29)27-25-26-23(16-32-25)21-6-5-18-3-2-4-20(18)15-21/h5-10,15-17H,2-4,11-14H2,1H3,(H,26,27,29). The number of fused-ring (bicyclic) bond motifs is 1. The first-order chi connectivity index (χ1) is 15.9. The molecule has 2 aromatic carbocycles. The minimum absolute atomic E-state index is 0.224. The minimum Gasteiger partial charge on any atom is -0.298 e. The van der Waals surface area contributed by atoms with Gasteiger partial charge in [-0.2, -0.15) is 4.31 Å². The van der Waals surface area contributed by atoms with E-state index in [1.807, 2.05) is 5.38 Å². The Kier molecular flexibility index (Phi) is 6.07. The highest BCUT2D eigenvalue weighted by molar-refractivity contribution is 7.89. The molecule has 5 rings (SSSR count). The first-order valence-electron chi connectivity index (χ1n) is 11.4. The Morgan fingerprint density at radius 1 is 1.06 bits per heavy atom. The molecule has 2 heterocycles. The van der Waals surface area contributed by atoms with Crippen molar-refractivity contribution in [3.05, 3.63) is 64.5 Å². The minimum atomic E-state index is -3.53. The van der Waals surface area contributed by atoms with Crippen molar-refractivity contribution in [2.75, 3.05) is 18.4 Å². The third-order valence-electron chi connectivity index (χ3n) is 6.62. The second kappa shape index (κ2) is 9.00. The molecule has 0 saturated carbocycles. The van der Waals surface area contributed by atoms with Crippen LogP contribution in [0.2, 0.25) is 0 Å². The highest BCUT2D eigenvalue weighted by Crippen LogP contribution is 2.30. The van der Waals surface area contributed by atoms with E-state index < -0.39 is 10.0 Å². The molecule has 1 aliphatic carbocycles. The van der Waals surface area contributed by atoms with E-state index in [-0.39, 0.29) is 10.8 Å². The number of aromatic nitrogens is 1. The molecule has 1 aliphatic heterocycles. The third-order valence-corrected chi connectivity index (χ3v) is 9.29. The molecule has 0 bridgehead atoms. The van der Waals surface area contributed by atoms with Crippen LogP contribution in [0.3, 0.4) is 0 Å². The first-order valence-corrected chi connectivity index (χ1v) is 13.7. The van der Waals surface area contributed by atoms with Crippen molar-refractivity contribution in [1.82, 2.24) is 9.29 Å². The Balaban J connectivity index is 1.26. The molecule has 8 heteroatoms. The summed E-state index contributed by atoms with van der Waals surface area (Å²) in [5.74, 6) is 0.247. The van der Waals surface area contributed by atoms with Crippen LogP contribution in [-0.2, 0) is 22.9 Å². The van der Waals surface area contributed by atoms with Crippen molar-refractivity contribution in [2.24, 2.45) is 5.92 Å². The average molecular weight is 482 g/mol. The van der Waals surface area contributed by atoms with Gasteiger partial charge in [-0.1, -0.05) is 19.1 Å². The largest absolute Gasteiger partial charge is 0.298 e. The number of anilines is 1. The molecule has 0 radical (unpaired) electrons. The smallest absolute Gasteiger partial charge is 0.257 e. The normalized spacial score (nSPS) is 17.1. The maximum absolute atomic E-state index is 12.9. The Hall–Kier alpha value is -2.55. The van der Waals surface area contributed by atoms with Crippen LogP contribution in [0.25, 0.3) is 11.3 Å². The molecule has 0 unspecified atom stereocenters. The van der Waals surface area contributed by atoms with E-state index in [1.165, 1.54) is 45.3 Å². The first kappa shape index (κ1) is 22.3. The van der Waals surface area contributed by atoms with Crippen LogP contribution in [0, 0.1) is 5.92 Å². The summed E-state index contributed by atoms with van der Waals surface area (Å²) in [6, 6.07) is 12.6. The molecule has 0 atom stereocenters. The van der Waals surface area contributed by atoms with Crippen molar-refractivity contribution >= 4 is 32.4 Å². The van der Waals surface area contributed by atoms with Crippen LogP contribution in [0.15, 0.2) is 52.7 Å². The lowest BCUT2D eigenvalue weighted by atomic mass is 10.0. The van der Waals surface area contributed by atoms with Gasteiger partial charge in [0.05, 0.1) is 10.6 Å². The number of nitrogens with one attached hydrogen (secondary N) is 1. The van der Waals surface area contributed by atoms with Crippen molar-refractivity contribution in [3.8, 4) is 11.3 Å². The number of thiazole rings is 1. The molecule has 1 amide bonds. The number of carbonyl (C=O) groups is 1. The molecule has 172 valence electrons. The molecule has 0 spiro atoms. The van der Waals surface area contributed by atoms with Gasteiger partial charge in [0, 0.05) is 29.6 Å². The van der Waals surface area contributed by atoms with Crippen molar-refractivity contribution < 1.29 is 13.2 Å². The van der Waals surface area contributed by atoms with Gasteiger partial charge in [-0.3, -0.25) is 10.1 Å². The number of sulfonamides is 1. The van der Waals surface area contributed by atoms with Crippen LogP contribution in [0.1, 0.15) is 47.7 Å². The molecule has 1 saturated heterocycles. The summed E-state index contributed by atoms with van der Waals surface area (Å²) < 4.78 is 27.3. The summed E-state index contributed by atoms with van der Waals surface area (Å²) in [4.78, 5) is 17.5. The number of benzene rings is 2. The van der Waals surface area contributed by atoms with Gasteiger partial charge < -0.3 is 0 Å². The predicted molar refractivity (Wildman–Crippen MR) is 131 cm³/mol. The molecular formula is C25H27N3O3S2. The Labute approximate surface area is 198 Å². The summed E-state index contributed by atoms with van der Waals surface area (Å²) in [7, 11) is -3.53. The summed E-state index contributed by atoms with van der Waals surface area (Å²) in [5.41, 5.74) is 5.12.